The summed E-state index contributed by atoms with van der Waals surface area (Å²) in [6.07, 6.45) is -4.87. The zero-order valence-corrected chi connectivity index (χ0v) is 12.3. The standard InChI is InChI=1S/C12H12F3N3O3S/c1-6-4-8-9(16-6)17-11(12(13,14)15)18(10(8)19)7-2-3-22(20,21)5-7/h4,7,16H,2-3,5H2,1H3. The van der Waals surface area contributed by atoms with Gasteiger partial charge in [-0.3, -0.25) is 9.36 Å². The highest BCUT2D eigenvalue weighted by Crippen LogP contribution is 2.32. The minimum Gasteiger partial charge on any atom is -0.343 e. The van der Waals surface area contributed by atoms with E-state index in [1.165, 1.54) is 6.07 Å². The molecule has 0 aromatic carbocycles. The lowest BCUT2D eigenvalue weighted by Crippen LogP contribution is -2.33. The van der Waals surface area contributed by atoms with Crippen molar-refractivity contribution < 1.29 is 21.6 Å². The Bertz CT molecular complexity index is 911. The molecule has 0 aliphatic carbocycles. The molecule has 6 nitrogen and oxygen atoms in total. The number of fused-ring (bicyclic) bond motifs is 1. The Morgan fingerprint density at radius 3 is 2.64 bits per heavy atom. The molecule has 1 aliphatic heterocycles. The predicted molar refractivity (Wildman–Crippen MR) is 72.4 cm³/mol. The van der Waals surface area contributed by atoms with Crippen LogP contribution in [0.25, 0.3) is 11.0 Å². The molecule has 3 heterocycles. The van der Waals surface area contributed by atoms with Gasteiger partial charge in [0.1, 0.15) is 5.65 Å². The van der Waals surface area contributed by atoms with Gasteiger partial charge in [-0.2, -0.15) is 13.2 Å². The molecule has 1 saturated heterocycles. The number of halogens is 3. The summed E-state index contributed by atoms with van der Waals surface area (Å²) in [5, 5.41) is 0.0230. The monoisotopic (exact) mass is 335 g/mol. The van der Waals surface area contributed by atoms with Gasteiger partial charge in [-0.15, -0.1) is 0 Å². The third-order valence-corrected chi connectivity index (χ3v) is 5.40. The average Bonchev–Trinajstić information content (AvgIpc) is 2.90. The highest BCUT2D eigenvalue weighted by molar-refractivity contribution is 7.91. The summed E-state index contributed by atoms with van der Waals surface area (Å²) in [5.41, 5.74) is -0.514. The Balaban J connectivity index is 2.31. The quantitative estimate of drug-likeness (QED) is 0.854. The predicted octanol–water partition coefficient (Wildman–Crippen LogP) is 1.41. The van der Waals surface area contributed by atoms with Gasteiger partial charge in [-0.05, 0) is 19.4 Å². The minimum atomic E-state index is -4.85. The van der Waals surface area contributed by atoms with Crippen molar-refractivity contribution in [2.45, 2.75) is 25.6 Å². The number of hydrogen-bond acceptors (Lipinski definition) is 4. The average molecular weight is 335 g/mol. The highest BCUT2D eigenvalue weighted by Gasteiger charge is 2.41. The first-order chi connectivity index (χ1) is 10.1. The fourth-order valence-corrected chi connectivity index (χ4v) is 4.43. The Labute approximate surface area is 122 Å². The van der Waals surface area contributed by atoms with Crippen molar-refractivity contribution in [3.63, 3.8) is 0 Å². The lowest BCUT2D eigenvalue weighted by Gasteiger charge is -2.18. The molecule has 1 N–H and O–H groups in total. The van der Waals surface area contributed by atoms with Crippen LogP contribution in [0.4, 0.5) is 13.2 Å². The lowest BCUT2D eigenvalue weighted by atomic mass is 10.2. The fraction of sp³-hybridized carbons (Fsp3) is 0.500. The molecule has 0 radical (unpaired) electrons. The second-order valence-corrected chi connectivity index (χ2v) is 7.61. The molecule has 0 amide bonds. The van der Waals surface area contributed by atoms with Gasteiger partial charge < -0.3 is 4.98 Å². The van der Waals surface area contributed by atoms with E-state index >= 15 is 0 Å². The molecule has 2 aromatic rings. The number of H-pyrrole nitrogens is 1. The summed E-state index contributed by atoms with van der Waals surface area (Å²) in [7, 11) is -3.43. The highest BCUT2D eigenvalue weighted by atomic mass is 32.2. The number of alkyl halides is 3. The van der Waals surface area contributed by atoms with Gasteiger partial charge in [-0.1, -0.05) is 0 Å². The van der Waals surface area contributed by atoms with E-state index in [2.05, 4.69) is 9.97 Å². The van der Waals surface area contributed by atoms with Gasteiger partial charge in [0.15, 0.2) is 9.84 Å². The largest absolute Gasteiger partial charge is 0.449 e. The molecule has 2 aromatic heterocycles. The molecular weight excluding hydrogens is 323 g/mol. The zero-order chi connectivity index (χ0) is 16.3. The third-order valence-electron chi connectivity index (χ3n) is 3.65. The van der Waals surface area contributed by atoms with E-state index < -0.39 is 39.2 Å². The number of nitrogens with zero attached hydrogens (tertiary/aromatic N) is 2. The number of rotatable bonds is 1. The number of aromatic amines is 1. The van der Waals surface area contributed by atoms with Crippen molar-refractivity contribution in [3.8, 4) is 0 Å². The summed E-state index contributed by atoms with van der Waals surface area (Å²) in [4.78, 5) is 18.5. The smallest absolute Gasteiger partial charge is 0.343 e. The van der Waals surface area contributed by atoms with Crippen molar-refractivity contribution in [1.82, 2.24) is 14.5 Å². The van der Waals surface area contributed by atoms with Crippen molar-refractivity contribution in [1.29, 1.82) is 0 Å². The second kappa shape index (κ2) is 4.58. The molecule has 0 spiro atoms. The van der Waals surface area contributed by atoms with Crippen LogP contribution in [0.15, 0.2) is 10.9 Å². The summed E-state index contributed by atoms with van der Waals surface area (Å²) < 4.78 is 63.2. The van der Waals surface area contributed by atoms with Crippen LogP contribution in [0.1, 0.15) is 24.0 Å². The van der Waals surface area contributed by atoms with E-state index in [1.807, 2.05) is 0 Å². The van der Waals surface area contributed by atoms with Crippen molar-refractivity contribution >= 4 is 20.9 Å². The molecule has 0 bridgehead atoms. The third kappa shape index (κ3) is 2.40. The fourth-order valence-electron chi connectivity index (χ4n) is 2.73. The van der Waals surface area contributed by atoms with Crippen LogP contribution in [-0.4, -0.2) is 34.5 Å². The molecule has 0 saturated carbocycles. The molecular formula is C12H12F3N3O3S. The van der Waals surface area contributed by atoms with Crippen LogP contribution in [0.5, 0.6) is 0 Å². The molecule has 10 heteroatoms. The Morgan fingerprint density at radius 1 is 1.41 bits per heavy atom. The molecule has 3 rings (SSSR count). The topological polar surface area (TPSA) is 84.8 Å². The Hall–Kier alpha value is -1.84. The van der Waals surface area contributed by atoms with Gasteiger partial charge in [0, 0.05) is 5.69 Å². The van der Waals surface area contributed by atoms with Crippen molar-refractivity contribution in [2.75, 3.05) is 11.5 Å². The van der Waals surface area contributed by atoms with Crippen LogP contribution in [0, 0.1) is 6.92 Å². The van der Waals surface area contributed by atoms with Gasteiger partial charge in [0.2, 0.25) is 5.82 Å². The van der Waals surface area contributed by atoms with E-state index in [9.17, 15) is 26.4 Å². The first-order valence-corrected chi connectivity index (χ1v) is 8.30. The molecule has 1 atom stereocenters. The summed E-state index contributed by atoms with van der Waals surface area (Å²) >= 11 is 0. The van der Waals surface area contributed by atoms with E-state index in [-0.39, 0.29) is 23.2 Å². The van der Waals surface area contributed by atoms with Crippen LogP contribution < -0.4 is 5.56 Å². The van der Waals surface area contributed by atoms with Crippen LogP contribution in [0.3, 0.4) is 0 Å². The van der Waals surface area contributed by atoms with Gasteiger partial charge >= 0.3 is 6.18 Å². The Morgan fingerprint density at radius 2 is 2.09 bits per heavy atom. The van der Waals surface area contributed by atoms with Gasteiger partial charge in [0.05, 0.1) is 22.9 Å². The van der Waals surface area contributed by atoms with E-state index in [4.69, 9.17) is 0 Å². The number of sulfone groups is 1. The summed E-state index contributed by atoms with van der Waals surface area (Å²) in [6.45, 7) is 1.60. The molecule has 120 valence electrons. The maximum absolute atomic E-state index is 13.2. The van der Waals surface area contributed by atoms with Gasteiger partial charge in [-0.25, -0.2) is 13.4 Å². The maximum Gasteiger partial charge on any atom is 0.449 e. The lowest BCUT2D eigenvalue weighted by molar-refractivity contribution is -0.148. The van der Waals surface area contributed by atoms with Crippen LogP contribution in [0.2, 0.25) is 0 Å². The van der Waals surface area contributed by atoms with E-state index in [1.54, 1.807) is 6.92 Å². The number of nitrogens with one attached hydrogen (secondary N) is 1. The zero-order valence-electron chi connectivity index (χ0n) is 11.4. The number of aryl methyl sites for hydroxylation is 1. The molecule has 1 unspecified atom stereocenters. The van der Waals surface area contributed by atoms with Crippen LogP contribution >= 0.6 is 0 Å². The number of aromatic nitrogens is 3. The van der Waals surface area contributed by atoms with Gasteiger partial charge in [0.25, 0.3) is 5.56 Å². The first-order valence-electron chi connectivity index (χ1n) is 6.48. The summed E-state index contributed by atoms with van der Waals surface area (Å²) in [5.74, 6) is -2.08. The van der Waals surface area contributed by atoms with E-state index in [0.29, 0.717) is 10.3 Å². The Kier molecular flexibility index (Phi) is 3.13. The molecule has 1 fully saturated rings. The summed E-state index contributed by atoms with van der Waals surface area (Å²) in [6, 6.07) is 0.367. The second-order valence-electron chi connectivity index (χ2n) is 5.38. The van der Waals surface area contributed by atoms with Crippen LogP contribution in [-0.2, 0) is 16.0 Å². The normalized spacial score (nSPS) is 21.5. The minimum absolute atomic E-state index is 0.0230. The maximum atomic E-state index is 13.2. The number of hydrogen-bond donors (Lipinski definition) is 1. The molecule has 1 aliphatic rings. The SMILES string of the molecule is Cc1cc2c(=O)n(C3CCS(=O)(=O)C3)c(C(F)(F)F)nc2[nH]1. The first kappa shape index (κ1) is 15.1. The van der Waals surface area contributed by atoms with E-state index in [0.717, 1.165) is 0 Å². The van der Waals surface area contributed by atoms with Crippen molar-refractivity contribution in [3.05, 3.63) is 27.9 Å². The van der Waals surface area contributed by atoms with Crippen molar-refractivity contribution in [2.24, 2.45) is 0 Å². The molecule has 22 heavy (non-hydrogen) atoms.